The molecule has 0 radical (unpaired) electrons. The minimum absolute atomic E-state index is 0.0542. The van der Waals surface area contributed by atoms with Crippen LogP contribution in [0.4, 0.5) is 0 Å². The van der Waals surface area contributed by atoms with Gasteiger partial charge in [-0.15, -0.1) is 0 Å². The van der Waals surface area contributed by atoms with Gasteiger partial charge in [-0.2, -0.15) is 5.26 Å². The third-order valence-corrected chi connectivity index (χ3v) is 3.11. The van der Waals surface area contributed by atoms with Gasteiger partial charge in [0.2, 0.25) is 5.91 Å². The Morgan fingerprint density at radius 2 is 2.06 bits per heavy atom. The van der Waals surface area contributed by atoms with Crippen molar-refractivity contribution in [1.29, 1.82) is 5.26 Å². The van der Waals surface area contributed by atoms with Crippen molar-refractivity contribution in [2.45, 2.75) is 19.3 Å². The molecule has 3 nitrogen and oxygen atoms in total. The van der Waals surface area contributed by atoms with Crippen molar-refractivity contribution in [2.24, 2.45) is 0 Å². The number of allylic oxidation sites excluding steroid dienone is 2. The van der Waals surface area contributed by atoms with E-state index in [1.165, 1.54) is 0 Å². The molecule has 1 N–H and O–H groups in total. The Morgan fingerprint density at radius 1 is 1.41 bits per heavy atom. The second-order valence-corrected chi connectivity index (χ2v) is 4.44. The van der Waals surface area contributed by atoms with Crippen LogP contribution >= 0.6 is 11.6 Å². The summed E-state index contributed by atoms with van der Waals surface area (Å²) in [6, 6.07) is 9.43. The summed E-state index contributed by atoms with van der Waals surface area (Å²) in [5.74, 6) is -0.215. The minimum Gasteiger partial charge on any atom is -0.329 e. The lowest BCUT2D eigenvalue weighted by Crippen LogP contribution is -2.30. The summed E-state index contributed by atoms with van der Waals surface area (Å²) >= 11 is 5.82. The van der Waals surface area contributed by atoms with Crippen LogP contribution in [0.25, 0.3) is 0 Å². The predicted octanol–water partition coefficient (Wildman–Crippen LogP) is 2.74. The highest BCUT2D eigenvalue weighted by atomic mass is 35.5. The van der Waals surface area contributed by atoms with Crippen molar-refractivity contribution in [2.75, 3.05) is 0 Å². The minimum atomic E-state index is -0.161. The molecular formula is C13H11ClN2O. The summed E-state index contributed by atoms with van der Waals surface area (Å²) in [6.07, 6.45) is 0.307. The molecule has 0 spiro atoms. The quantitative estimate of drug-likeness (QED) is 0.828. The van der Waals surface area contributed by atoms with Crippen molar-refractivity contribution in [3.8, 4) is 6.07 Å². The van der Waals surface area contributed by atoms with Crippen LogP contribution in [-0.4, -0.2) is 5.91 Å². The number of amides is 1. The Morgan fingerprint density at radius 3 is 2.65 bits per heavy atom. The Bertz CT molecular complexity index is 525. The molecule has 1 atom stereocenters. The van der Waals surface area contributed by atoms with Crippen LogP contribution < -0.4 is 5.32 Å². The van der Waals surface area contributed by atoms with Crippen LogP contribution in [-0.2, 0) is 4.79 Å². The molecule has 0 saturated heterocycles. The number of hydrogen-bond acceptors (Lipinski definition) is 2. The number of hydrogen-bond donors (Lipinski definition) is 1. The third kappa shape index (κ3) is 2.32. The Labute approximate surface area is 105 Å². The first-order chi connectivity index (χ1) is 8.11. The van der Waals surface area contributed by atoms with Gasteiger partial charge < -0.3 is 5.32 Å². The van der Waals surface area contributed by atoms with E-state index in [0.29, 0.717) is 22.7 Å². The van der Waals surface area contributed by atoms with E-state index in [1.807, 2.05) is 12.1 Å². The van der Waals surface area contributed by atoms with Gasteiger partial charge in [0.25, 0.3) is 0 Å². The molecule has 1 aromatic rings. The van der Waals surface area contributed by atoms with Gasteiger partial charge in [0.1, 0.15) is 0 Å². The maximum absolute atomic E-state index is 11.5. The molecule has 0 bridgehead atoms. The number of carbonyl (C=O) groups excluding carboxylic acids is 1. The molecule has 1 aromatic carbocycles. The first-order valence-electron chi connectivity index (χ1n) is 5.28. The van der Waals surface area contributed by atoms with Gasteiger partial charge in [0, 0.05) is 23.1 Å². The molecule has 86 valence electrons. The summed E-state index contributed by atoms with van der Waals surface area (Å²) in [5.41, 5.74) is 2.20. The highest BCUT2D eigenvalue weighted by Crippen LogP contribution is 2.32. The van der Waals surface area contributed by atoms with E-state index in [2.05, 4.69) is 11.4 Å². The van der Waals surface area contributed by atoms with Crippen LogP contribution in [0.2, 0.25) is 5.02 Å². The van der Waals surface area contributed by atoms with Crippen molar-refractivity contribution in [3.63, 3.8) is 0 Å². The van der Waals surface area contributed by atoms with E-state index in [0.717, 1.165) is 5.56 Å². The number of nitriles is 1. The van der Waals surface area contributed by atoms with Crippen LogP contribution in [0.15, 0.2) is 35.5 Å². The fraction of sp³-hybridized carbons (Fsp3) is 0.231. The van der Waals surface area contributed by atoms with Crippen molar-refractivity contribution in [1.82, 2.24) is 5.32 Å². The highest BCUT2D eigenvalue weighted by Gasteiger charge is 2.27. The van der Waals surface area contributed by atoms with Crippen LogP contribution in [0.1, 0.15) is 24.8 Å². The van der Waals surface area contributed by atoms with Gasteiger partial charge in [-0.1, -0.05) is 23.7 Å². The number of nitrogens with zero attached hydrogens (tertiary/aromatic N) is 1. The maximum Gasteiger partial charge on any atom is 0.225 e. The van der Waals surface area contributed by atoms with Gasteiger partial charge in [0.05, 0.1) is 11.6 Å². The molecule has 17 heavy (non-hydrogen) atoms. The molecule has 0 fully saturated rings. The lowest BCUT2D eigenvalue weighted by atomic mass is 9.85. The number of carbonyl (C=O) groups is 1. The average Bonchev–Trinajstić information content (AvgIpc) is 2.29. The number of rotatable bonds is 1. The fourth-order valence-corrected chi connectivity index (χ4v) is 2.14. The molecule has 0 saturated carbocycles. The molecule has 0 aromatic heterocycles. The van der Waals surface area contributed by atoms with Gasteiger partial charge in [-0.3, -0.25) is 4.79 Å². The van der Waals surface area contributed by atoms with Crippen LogP contribution in [0.3, 0.4) is 0 Å². The zero-order chi connectivity index (χ0) is 12.4. The molecule has 2 rings (SSSR count). The average molecular weight is 247 g/mol. The zero-order valence-corrected chi connectivity index (χ0v) is 10.1. The molecule has 1 amide bonds. The van der Waals surface area contributed by atoms with Gasteiger partial charge >= 0.3 is 0 Å². The fourth-order valence-electron chi connectivity index (χ4n) is 2.02. The lowest BCUT2D eigenvalue weighted by molar-refractivity contribution is -0.121. The van der Waals surface area contributed by atoms with Crippen LogP contribution in [0, 0.1) is 11.3 Å². The Balaban J connectivity index is 2.43. The number of halogens is 1. The monoisotopic (exact) mass is 246 g/mol. The van der Waals surface area contributed by atoms with Gasteiger partial charge in [-0.25, -0.2) is 0 Å². The SMILES string of the molecule is CC1=C(C#N)C(c2ccc(Cl)cc2)CC(=O)N1. The predicted molar refractivity (Wildman–Crippen MR) is 65.3 cm³/mol. The zero-order valence-electron chi connectivity index (χ0n) is 9.33. The molecule has 1 aliphatic heterocycles. The summed E-state index contributed by atoms with van der Waals surface area (Å²) < 4.78 is 0. The molecule has 1 unspecified atom stereocenters. The molecule has 1 aliphatic rings. The van der Waals surface area contributed by atoms with Crippen molar-refractivity contribution in [3.05, 3.63) is 46.1 Å². The van der Waals surface area contributed by atoms with E-state index in [-0.39, 0.29) is 11.8 Å². The van der Waals surface area contributed by atoms with E-state index in [4.69, 9.17) is 16.9 Å². The topological polar surface area (TPSA) is 52.9 Å². The first kappa shape index (κ1) is 11.7. The number of benzene rings is 1. The van der Waals surface area contributed by atoms with Gasteiger partial charge in [0.15, 0.2) is 0 Å². The summed E-state index contributed by atoms with van der Waals surface area (Å²) in [5, 5.41) is 12.5. The molecular weight excluding hydrogens is 236 g/mol. The van der Waals surface area contributed by atoms with Gasteiger partial charge in [-0.05, 0) is 24.6 Å². The second-order valence-electron chi connectivity index (χ2n) is 4.01. The van der Waals surface area contributed by atoms with Crippen molar-refractivity contribution < 1.29 is 4.79 Å². The van der Waals surface area contributed by atoms with E-state index < -0.39 is 0 Å². The number of nitrogens with one attached hydrogen (secondary N) is 1. The molecule has 0 aliphatic carbocycles. The summed E-state index contributed by atoms with van der Waals surface area (Å²) in [6.45, 7) is 1.75. The Hall–Kier alpha value is -1.79. The second kappa shape index (κ2) is 4.60. The third-order valence-electron chi connectivity index (χ3n) is 2.86. The Kier molecular flexibility index (Phi) is 3.16. The lowest BCUT2D eigenvalue weighted by Gasteiger charge is -2.23. The summed E-state index contributed by atoms with van der Waals surface area (Å²) in [4.78, 5) is 11.5. The maximum atomic E-state index is 11.5. The first-order valence-corrected chi connectivity index (χ1v) is 5.66. The van der Waals surface area contributed by atoms with E-state index in [9.17, 15) is 4.79 Å². The van der Waals surface area contributed by atoms with Crippen molar-refractivity contribution >= 4 is 17.5 Å². The van der Waals surface area contributed by atoms with E-state index in [1.54, 1.807) is 19.1 Å². The molecule has 4 heteroatoms. The largest absolute Gasteiger partial charge is 0.329 e. The summed E-state index contributed by atoms with van der Waals surface area (Å²) in [7, 11) is 0. The molecule has 1 heterocycles. The van der Waals surface area contributed by atoms with Crippen LogP contribution in [0.5, 0.6) is 0 Å². The standard InChI is InChI=1S/C13H11ClN2O/c1-8-12(7-15)11(6-13(17)16-8)9-2-4-10(14)5-3-9/h2-5,11H,6H2,1H3,(H,16,17). The highest BCUT2D eigenvalue weighted by molar-refractivity contribution is 6.30. The smallest absolute Gasteiger partial charge is 0.225 e. The van der Waals surface area contributed by atoms with E-state index >= 15 is 0 Å². The normalized spacial score (nSPS) is 19.8.